The number of rotatable bonds is 3. The predicted molar refractivity (Wildman–Crippen MR) is 84.2 cm³/mol. The normalized spacial score (nSPS) is 10.7. The summed E-state index contributed by atoms with van der Waals surface area (Å²) >= 11 is 0. The van der Waals surface area contributed by atoms with Crippen LogP contribution in [0.25, 0.3) is 16.7 Å². The molecule has 1 N–H and O–H groups in total. The van der Waals surface area contributed by atoms with Gasteiger partial charge in [-0.3, -0.25) is 9.55 Å². The summed E-state index contributed by atoms with van der Waals surface area (Å²) in [7, 11) is 0. The first-order valence-electron chi connectivity index (χ1n) is 6.83. The van der Waals surface area contributed by atoms with Crippen molar-refractivity contribution in [1.82, 2.24) is 24.7 Å². The van der Waals surface area contributed by atoms with Gasteiger partial charge in [0.1, 0.15) is 6.33 Å². The summed E-state index contributed by atoms with van der Waals surface area (Å²) in [6.07, 6.45) is 7.00. The van der Waals surface area contributed by atoms with E-state index < -0.39 is 0 Å². The van der Waals surface area contributed by atoms with Gasteiger partial charge in [0.15, 0.2) is 11.6 Å². The number of imidazole rings is 1. The van der Waals surface area contributed by atoms with E-state index in [0.29, 0.717) is 5.82 Å². The molecule has 0 radical (unpaired) electrons. The van der Waals surface area contributed by atoms with Crippen molar-refractivity contribution in [2.75, 3.05) is 5.32 Å². The van der Waals surface area contributed by atoms with Crippen molar-refractivity contribution in [3.05, 3.63) is 67.4 Å². The Morgan fingerprint density at radius 3 is 2.73 bits per heavy atom. The van der Waals surface area contributed by atoms with Crippen LogP contribution in [0.15, 0.2) is 67.4 Å². The summed E-state index contributed by atoms with van der Waals surface area (Å²) in [6.45, 7) is 0. The highest BCUT2D eigenvalue weighted by Gasteiger charge is 2.04. The number of pyridine rings is 1. The highest BCUT2D eigenvalue weighted by atomic mass is 15.2. The first kappa shape index (κ1) is 12.5. The molecular formula is C16H12N6. The van der Waals surface area contributed by atoms with Gasteiger partial charge in [0, 0.05) is 29.7 Å². The van der Waals surface area contributed by atoms with Crippen molar-refractivity contribution < 1.29 is 0 Å². The Morgan fingerprint density at radius 1 is 0.909 bits per heavy atom. The van der Waals surface area contributed by atoms with Crippen molar-refractivity contribution in [2.45, 2.75) is 0 Å². The molecule has 106 valence electrons. The van der Waals surface area contributed by atoms with Crippen LogP contribution in [0, 0.1) is 0 Å². The van der Waals surface area contributed by atoms with E-state index in [9.17, 15) is 0 Å². The van der Waals surface area contributed by atoms with Crippen LogP contribution in [0.5, 0.6) is 0 Å². The third-order valence-corrected chi connectivity index (χ3v) is 3.33. The first-order chi connectivity index (χ1) is 10.9. The molecule has 4 rings (SSSR count). The van der Waals surface area contributed by atoms with Crippen molar-refractivity contribution in [3.8, 4) is 5.82 Å². The molecule has 3 aromatic heterocycles. The molecule has 0 aliphatic heterocycles. The molecule has 3 heterocycles. The maximum Gasteiger partial charge on any atom is 0.160 e. The van der Waals surface area contributed by atoms with Crippen LogP contribution in [-0.4, -0.2) is 24.7 Å². The molecule has 0 unspecified atom stereocenters. The van der Waals surface area contributed by atoms with Gasteiger partial charge in [0.25, 0.3) is 0 Å². The van der Waals surface area contributed by atoms with Crippen LogP contribution in [0.2, 0.25) is 0 Å². The minimum atomic E-state index is 0.681. The minimum absolute atomic E-state index is 0.681. The van der Waals surface area contributed by atoms with Crippen molar-refractivity contribution in [3.63, 3.8) is 0 Å². The number of hydrogen-bond donors (Lipinski definition) is 1. The van der Waals surface area contributed by atoms with E-state index in [1.807, 2.05) is 48.7 Å². The molecule has 0 aliphatic carbocycles. The van der Waals surface area contributed by atoms with E-state index in [4.69, 9.17) is 0 Å². The Hall–Kier alpha value is -3.28. The fourth-order valence-corrected chi connectivity index (χ4v) is 2.27. The number of nitrogens with zero attached hydrogens (tertiary/aromatic N) is 5. The maximum atomic E-state index is 4.35. The zero-order valence-electron chi connectivity index (χ0n) is 11.6. The quantitative estimate of drug-likeness (QED) is 0.627. The Kier molecular flexibility index (Phi) is 2.97. The number of fused-ring (bicyclic) bond motifs is 1. The number of nitrogens with one attached hydrogen (secondary N) is 1. The Morgan fingerprint density at radius 2 is 1.91 bits per heavy atom. The summed E-state index contributed by atoms with van der Waals surface area (Å²) in [5.74, 6) is 1.41. The Balaban J connectivity index is 1.65. The van der Waals surface area contributed by atoms with Crippen LogP contribution >= 0.6 is 0 Å². The van der Waals surface area contributed by atoms with Gasteiger partial charge >= 0.3 is 0 Å². The highest BCUT2D eigenvalue weighted by Crippen LogP contribution is 2.24. The summed E-state index contributed by atoms with van der Waals surface area (Å²) in [5.41, 5.74) is 1.89. The van der Waals surface area contributed by atoms with E-state index in [1.54, 1.807) is 23.3 Å². The standard InChI is InChI=1S/C16H12N6/c1-4-13-12(3-2-8-18-13)14(5-1)19-15-6-7-16(21-20-15)22-10-9-17-11-22/h1-11H,(H,19,20). The summed E-state index contributed by atoms with van der Waals surface area (Å²) < 4.78 is 1.80. The largest absolute Gasteiger partial charge is 0.338 e. The Labute approximate surface area is 126 Å². The molecule has 6 nitrogen and oxygen atoms in total. The fraction of sp³-hybridized carbons (Fsp3) is 0. The molecule has 4 aromatic rings. The van der Waals surface area contributed by atoms with Gasteiger partial charge in [0.2, 0.25) is 0 Å². The molecule has 0 saturated carbocycles. The second kappa shape index (κ2) is 5.25. The van der Waals surface area contributed by atoms with E-state index in [2.05, 4.69) is 25.5 Å². The van der Waals surface area contributed by atoms with Crippen molar-refractivity contribution in [1.29, 1.82) is 0 Å². The minimum Gasteiger partial charge on any atom is -0.338 e. The molecule has 0 bridgehead atoms. The Bertz CT molecular complexity index is 894. The molecule has 0 saturated heterocycles. The van der Waals surface area contributed by atoms with Gasteiger partial charge in [-0.05, 0) is 36.4 Å². The van der Waals surface area contributed by atoms with Gasteiger partial charge in [-0.25, -0.2) is 4.98 Å². The first-order valence-corrected chi connectivity index (χ1v) is 6.83. The highest BCUT2D eigenvalue weighted by molar-refractivity contribution is 5.92. The lowest BCUT2D eigenvalue weighted by Gasteiger charge is -2.08. The molecule has 0 fully saturated rings. The molecule has 0 amide bonds. The van der Waals surface area contributed by atoms with E-state index in [-0.39, 0.29) is 0 Å². The third kappa shape index (κ3) is 2.26. The van der Waals surface area contributed by atoms with Gasteiger partial charge in [0.05, 0.1) is 5.52 Å². The molecule has 22 heavy (non-hydrogen) atoms. The lowest BCUT2D eigenvalue weighted by Crippen LogP contribution is -2.00. The van der Waals surface area contributed by atoms with E-state index in [1.165, 1.54) is 0 Å². The van der Waals surface area contributed by atoms with Gasteiger partial charge < -0.3 is 5.32 Å². The zero-order chi connectivity index (χ0) is 14.8. The van der Waals surface area contributed by atoms with E-state index in [0.717, 1.165) is 22.4 Å². The number of hydrogen-bond acceptors (Lipinski definition) is 5. The van der Waals surface area contributed by atoms with Gasteiger partial charge in [-0.1, -0.05) is 6.07 Å². The molecule has 0 atom stereocenters. The van der Waals surface area contributed by atoms with Crippen LogP contribution in [0.4, 0.5) is 11.5 Å². The summed E-state index contributed by atoms with van der Waals surface area (Å²) in [6, 6.07) is 13.7. The topological polar surface area (TPSA) is 68.5 Å². The molecule has 6 heteroatoms. The number of aromatic nitrogens is 5. The van der Waals surface area contributed by atoms with Gasteiger partial charge in [-0.2, -0.15) is 0 Å². The zero-order valence-corrected chi connectivity index (χ0v) is 11.6. The summed E-state index contributed by atoms with van der Waals surface area (Å²) in [5, 5.41) is 12.7. The lowest BCUT2D eigenvalue weighted by atomic mass is 10.2. The monoisotopic (exact) mass is 288 g/mol. The van der Waals surface area contributed by atoms with Crippen LogP contribution in [-0.2, 0) is 0 Å². The predicted octanol–water partition coefficient (Wildman–Crippen LogP) is 2.95. The van der Waals surface area contributed by atoms with Crippen molar-refractivity contribution in [2.24, 2.45) is 0 Å². The molecule has 1 aromatic carbocycles. The van der Waals surface area contributed by atoms with Gasteiger partial charge in [-0.15, -0.1) is 10.2 Å². The average Bonchev–Trinajstić information content (AvgIpc) is 3.10. The van der Waals surface area contributed by atoms with Crippen LogP contribution in [0.1, 0.15) is 0 Å². The van der Waals surface area contributed by atoms with Crippen LogP contribution < -0.4 is 5.32 Å². The van der Waals surface area contributed by atoms with Crippen LogP contribution in [0.3, 0.4) is 0 Å². The SMILES string of the molecule is c1cc(Nc2ccc(-n3ccnc3)nn2)c2cccnc2c1. The third-order valence-electron chi connectivity index (χ3n) is 3.33. The number of benzene rings is 1. The maximum absolute atomic E-state index is 4.35. The molecular weight excluding hydrogens is 276 g/mol. The average molecular weight is 288 g/mol. The smallest absolute Gasteiger partial charge is 0.160 e. The molecule has 0 spiro atoms. The fourth-order valence-electron chi connectivity index (χ4n) is 2.27. The second-order valence-electron chi connectivity index (χ2n) is 4.75. The lowest BCUT2D eigenvalue weighted by molar-refractivity contribution is 0.916. The number of anilines is 2. The van der Waals surface area contributed by atoms with E-state index >= 15 is 0 Å². The second-order valence-corrected chi connectivity index (χ2v) is 4.75. The summed E-state index contributed by atoms with van der Waals surface area (Å²) in [4.78, 5) is 8.34. The van der Waals surface area contributed by atoms with Crippen molar-refractivity contribution >= 4 is 22.4 Å². The molecule has 0 aliphatic rings.